The zero-order valence-electron chi connectivity index (χ0n) is 17.9. The van der Waals surface area contributed by atoms with E-state index < -0.39 is 0 Å². The summed E-state index contributed by atoms with van der Waals surface area (Å²) in [6.45, 7) is 10.3. The molecule has 0 aliphatic carbocycles. The molecular formula is C21H38N4O2. The molecule has 0 heterocycles. The number of hydrogen-bond acceptors (Lipinski definition) is 4. The quantitative estimate of drug-likeness (QED) is 0.333. The summed E-state index contributed by atoms with van der Waals surface area (Å²) in [5.74, 6) is 2.29. The summed E-state index contributed by atoms with van der Waals surface area (Å²) in [5.41, 5.74) is 1.20. The van der Waals surface area contributed by atoms with Crippen LogP contribution in [0.2, 0.25) is 0 Å². The normalized spacial score (nSPS) is 13.1. The van der Waals surface area contributed by atoms with E-state index in [4.69, 9.17) is 14.5 Å². The Balaban J connectivity index is 2.61. The van der Waals surface area contributed by atoms with Crippen LogP contribution >= 0.6 is 0 Å². The van der Waals surface area contributed by atoms with Gasteiger partial charge in [0.25, 0.3) is 0 Å². The zero-order chi connectivity index (χ0) is 20.1. The van der Waals surface area contributed by atoms with Crippen molar-refractivity contribution in [3.8, 4) is 5.75 Å². The molecule has 27 heavy (non-hydrogen) atoms. The van der Waals surface area contributed by atoms with Gasteiger partial charge in [-0.1, -0.05) is 26.0 Å². The molecule has 0 saturated heterocycles. The maximum Gasteiger partial charge on any atom is 0.191 e. The Kier molecular flexibility index (Phi) is 11.5. The molecule has 0 aromatic heterocycles. The predicted octanol–water partition coefficient (Wildman–Crippen LogP) is 2.92. The number of ether oxygens (including phenoxy) is 2. The van der Waals surface area contributed by atoms with Crippen LogP contribution in [0.5, 0.6) is 5.75 Å². The molecule has 0 aliphatic rings. The lowest BCUT2D eigenvalue weighted by atomic mass is 10.1. The van der Waals surface area contributed by atoms with Gasteiger partial charge in [-0.25, -0.2) is 0 Å². The first-order chi connectivity index (χ1) is 13.0. The molecule has 6 heteroatoms. The van der Waals surface area contributed by atoms with Gasteiger partial charge in [-0.3, -0.25) is 4.99 Å². The molecule has 0 amide bonds. The van der Waals surface area contributed by atoms with Crippen LogP contribution in [0.1, 0.15) is 38.8 Å². The first-order valence-electron chi connectivity index (χ1n) is 9.88. The van der Waals surface area contributed by atoms with Crippen LogP contribution < -0.4 is 15.4 Å². The molecule has 154 valence electrons. The predicted molar refractivity (Wildman–Crippen MR) is 114 cm³/mol. The monoisotopic (exact) mass is 378 g/mol. The molecule has 0 radical (unpaired) electrons. The highest BCUT2D eigenvalue weighted by Crippen LogP contribution is 2.22. The minimum Gasteiger partial charge on any atom is -0.497 e. The van der Waals surface area contributed by atoms with Crippen molar-refractivity contribution in [2.45, 2.75) is 33.2 Å². The Morgan fingerprint density at radius 3 is 2.63 bits per heavy atom. The van der Waals surface area contributed by atoms with Crippen molar-refractivity contribution in [1.29, 1.82) is 0 Å². The molecule has 0 bridgehead atoms. The van der Waals surface area contributed by atoms with E-state index in [2.05, 4.69) is 62.5 Å². The third-order valence-electron chi connectivity index (χ3n) is 4.08. The highest BCUT2D eigenvalue weighted by molar-refractivity contribution is 5.79. The first kappa shape index (κ1) is 23.2. The Bertz CT molecular complexity index is 547. The summed E-state index contributed by atoms with van der Waals surface area (Å²) >= 11 is 0. The Morgan fingerprint density at radius 2 is 2.00 bits per heavy atom. The molecule has 2 N–H and O–H groups in total. The number of benzene rings is 1. The summed E-state index contributed by atoms with van der Waals surface area (Å²) in [6, 6.07) is 8.37. The fourth-order valence-corrected chi connectivity index (χ4v) is 2.64. The fourth-order valence-electron chi connectivity index (χ4n) is 2.64. The molecule has 1 aromatic carbocycles. The van der Waals surface area contributed by atoms with Crippen molar-refractivity contribution < 1.29 is 9.47 Å². The van der Waals surface area contributed by atoms with Gasteiger partial charge in [0, 0.05) is 26.3 Å². The van der Waals surface area contributed by atoms with Gasteiger partial charge >= 0.3 is 0 Å². The fraction of sp³-hybridized carbons (Fsp3) is 0.667. The lowest BCUT2D eigenvalue weighted by molar-refractivity contribution is 0.108. The van der Waals surface area contributed by atoms with Crippen LogP contribution in [0.15, 0.2) is 29.3 Å². The minimum absolute atomic E-state index is 0.185. The number of aliphatic imine (C=N–C) groups is 1. The summed E-state index contributed by atoms with van der Waals surface area (Å²) < 4.78 is 11.0. The second-order valence-electron chi connectivity index (χ2n) is 7.22. The lowest BCUT2D eigenvalue weighted by Gasteiger charge is -2.24. The van der Waals surface area contributed by atoms with E-state index in [1.165, 1.54) is 5.56 Å². The molecule has 1 rings (SSSR count). The lowest BCUT2D eigenvalue weighted by Crippen LogP contribution is -2.38. The van der Waals surface area contributed by atoms with Gasteiger partial charge in [-0.2, -0.15) is 0 Å². The van der Waals surface area contributed by atoms with Gasteiger partial charge in [-0.15, -0.1) is 0 Å². The van der Waals surface area contributed by atoms with Crippen molar-refractivity contribution in [3.63, 3.8) is 0 Å². The highest BCUT2D eigenvalue weighted by Gasteiger charge is 2.14. The van der Waals surface area contributed by atoms with Gasteiger partial charge in [0.05, 0.1) is 19.7 Å². The van der Waals surface area contributed by atoms with Crippen molar-refractivity contribution in [1.82, 2.24) is 15.5 Å². The van der Waals surface area contributed by atoms with Gasteiger partial charge in [0.15, 0.2) is 5.96 Å². The largest absolute Gasteiger partial charge is 0.497 e. The Labute approximate surface area is 165 Å². The van der Waals surface area contributed by atoms with Gasteiger partial charge < -0.3 is 25.0 Å². The molecular weight excluding hydrogens is 340 g/mol. The number of rotatable bonds is 12. The van der Waals surface area contributed by atoms with Gasteiger partial charge in [0.1, 0.15) is 5.75 Å². The SMILES string of the molecule is CCNC(=NCC(c1cccc(OC)c1)N(C)C)NCCCOCC(C)C. The first-order valence-corrected chi connectivity index (χ1v) is 9.88. The second kappa shape index (κ2) is 13.4. The van der Waals surface area contributed by atoms with Gasteiger partial charge in [-0.05, 0) is 51.1 Å². The smallest absolute Gasteiger partial charge is 0.191 e. The van der Waals surface area contributed by atoms with Crippen molar-refractivity contribution in [3.05, 3.63) is 29.8 Å². The van der Waals surface area contributed by atoms with E-state index in [0.717, 1.165) is 44.4 Å². The van der Waals surface area contributed by atoms with E-state index in [-0.39, 0.29) is 6.04 Å². The van der Waals surface area contributed by atoms with Crippen molar-refractivity contribution in [2.75, 3.05) is 54.1 Å². The van der Waals surface area contributed by atoms with E-state index in [9.17, 15) is 0 Å². The van der Waals surface area contributed by atoms with Crippen LogP contribution in [0.3, 0.4) is 0 Å². The maximum absolute atomic E-state index is 5.63. The number of guanidine groups is 1. The second-order valence-corrected chi connectivity index (χ2v) is 7.22. The molecule has 1 atom stereocenters. The molecule has 0 saturated carbocycles. The standard InChI is InChI=1S/C21H38N4O2/c1-7-22-21(23-12-9-13-27-16-17(2)3)24-15-20(25(4)5)18-10-8-11-19(14-18)26-6/h8,10-11,14,17,20H,7,9,12-13,15-16H2,1-6H3,(H2,22,23,24). The average molecular weight is 379 g/mol. The number of likely N-dealkylation sites (N-methyl/N-ethyl adjacent to an activating group) is 1. The van der Waals surface area contributed by atoms with Crippen LogP contribution in [0.25, 0.3) is 0 Å². The molecule has 1 aromatic rings. The zero-order valence-corrected chi connectivity index (χ0v) is 17.9. The summed E-state index contributed by atoms with van der Waals surface area (Å²) in [5, 5.41) is 6.71. The molecule has 6 nitrogen and oxygen atoms in total. The summed E-state index contributed by atoms with van der Waals surface area (Å²) in [7, 11) is 5.85. The highest BCUT2D eigenvalue weighted by atomic mass is 16.5. The van der Waals surface area contributed by atoms with E-state index in [0.29, 0.717) is 12.5 Å². The number of nitrogens with zero attached hydrogens (tertiary/aromatic N) is 2. The third kappa shape index (κ3) is 9.63. The van der Waals surface area contributed by atoms with Gasteiger partial charge in [0.2, 0.25) is 0 Å². The van der Waals surface area contributed by atoms with Crippen LogP contribution in [0, 0.1) is 5.92 Å². The summed E-state index contributed by atoms with van der Waals surface area (Å²) in [6.07, 6.45) is 0.962. The number of nitrogens with one attached hydrogen (secondary N) is 2. The maximum atomic E-state index is 5.63. The van der Waals surface area contributed by atoms with Crippen LogP contribution in [0.4, 0.5) is 0 Å². The van der Waals surface area contributed by atoms with Crippen molar-refractivity contribution >= 4 is 5.96 Å². The topological polar surface area (TPSA) is 58.1 Å². The number of methoxy groups -OCH3 is 1. The van der Waals surface area contributed by atoms with Crippen LogP contribution in [-0.4, -0.2) is 64.9 Å². The van der Waals surface area contributed by atoms with E-state index in [1.54, 1.807) is 7.11 Å². The molecule has 0 fully saturated rings. The number of hydrogen-bond donors (Lipinski definition) is 2. The van der Waals surface area contributed by atoms with Crippen molar-refractivity contribution in [2.24, 2.45) is 10.9 Å². The minimum atomic E-state index is 0.185. The Morgan fingerprint density at radius 1 is 1.22 bits per heavy atom. The average Bonchev–Trinajstić information content (AvgIpc) is 2.64. The Hall–Kier alpha value is -1.79. The molecule has 0 spiro atoms. The molecule has 0 aliphatic heterocycles. The van der Waals surface area contributed by atoms with E-state index >= 15 is 0 Å². The molecule has 1 unspecified atom stereocenters. The van der Waals surface area contributed by atoms with Crippen LogP contribution in [-0.2, 0) is 4.74 Å². The van der Waals surface area contributed by atoms with E-state index in [1.807, 2.05) is 12.1 Å². The third-order valence-corrected chi connectivity index (χ3v) is 4.08. The summed E-state index contributed by atoms with van der Waals surface area (Å²) in [4.78, 5) is 6.97.